The lowest BCUT2D eigenvalue weighted by molar-refractivity contribution is 0.484. The lowest BCUT2D eigenvalue weighted by atomic mass is 10.0. The molecule has 13 heavy (non-hydrogen) atoms. The third-order valence-electron chi connectivity index (χ3n) is 2.34. The zero-order chi connectivity index (χ0) is 10.3. The SMILES string of the molecule is [CH2]CS(=O)(=O)CC(CC)CCCC. The Labute approximate surface area is 82.6 Å². The van der Waals surface area contributed by atoms with Crippen LogP contribution in [-0.2, 0) is 9.84 Å². The van der Waals surface area contributed by atoms with Crippen LogP contribution < -0.4 is 0 Å². The van der Waals surface area contributed by atoms with Gasteiger partial charge in [-0.25, -0.2) is 8.42 Å². The van der Waals surface area contributed by atoms with Gasteiger partial charge in [-0.15, -0.1) is 0 Å². The number of unbranched alkanes of at least 4 members (excludes halogenated alkanes) is 1. The molecule has 0 fully saturated rings. The normalized spacial score (nSPS) is 14.4. The fourth-order valence-electron chi connectivity index (χ4n) is 1.34. The van der Waals surface area contributed by atoms with Crippen molar-refractivity contribution < 1.29 is 8.42 Å². The summed E-state index contributed by atoms with van der Waals surface area (Å²) in [5.41, 5.74) is 0. The van der Waals surface area contributed by atoms with Gasteiger partial charge >= 0.3 is 0 Å². The zero-order valence-electron chi connectivity index (χ0n) is 8.75. The van der Waals surface area contributed by atoms with Gasteiger partial charge in [-0.05, 0) is 19.3 Å². The molecule has 0 rings (SSSR count). The second-order valence-electron chi connectivity index (χ2n) is 3.53. The maximum atomic E-state index is 11.3. The van der Waals surface area contributed by atoms with E-state index in [1.54, 1.807) is 0 Å². The molecule has 0 bridgehead atoms. The minimum absolute atomic E-state index is 0.0373. The van der Waals surface area contributed by atoms with E-state index in [9.17, 15) is 8.42 Å². The molecular formula is C10H21O2S. The molecule has 2 nitrogen and oxygen atoms in total. The van der Waals surface area contributed by atoms with E-state index in [0.717, 1.165) is 25.7 Å². The number of hydrogen-bond donors (Lipinski definition) is 0. The minimum atomic E-state index is -2.87. The Balaban J connectivity index is 3.97. The van der Waals surface area contributed by atoms with Gasteiger partial charge in [0.2, 0.25) is 0 Å². The Bertz CT molecular complexity index is 207. The van der Waals surface area contributed by atoms with E-state index in [-0.39, 0.29) is 5.75 Å². The van der Waals surface area contributed by atoms with E-state index in [4.69, 9.17) is 0 Å². The lowest BCUT2D eigenvalue weighted by Gasteiger charge is -2.13. The van der Waals surface area contributed by atoms with Gasteiger partial charge in [0.05, 0.1) is 11.5 Å². The van der Waals surface area contributed by atoms with E-state index in [2.05, 4.69) is 20.8 Å². The average Bonchev–Trinajstić information content (AvgIpc) is 2.12. The summed E-state index contributed by atoms with van der Waals surface area (Å²) in [6, 6.07) is 0. The predicted molar refractivity (Wildman–Crippen MR) is 57.3 cm³/mol. The lowest BCUT2D eigenvalue weighted by Crippen LogP contribution is -2.17. The summed E-state index contributed by atoms with van der Waals surface area (Å²) in [5.74, 6) is 0.703. The molecule has 0 aliphatic carbocycles. The van der Waals surface area contributed by atoms with Crippen molar-refractivity contribution in [3.8, 4) is 0 Å². The Kier molecular flexibility index (Phi) is 6.39. The Morgan fingerprint density at radius 3 is 2.31 bits per heavy atom. The first-order valence-electron chi connectivity index (χ1n) is 5.05. The molecule has 1 atom stereocenters. The second-order valence-corrected chi connectivity index (χ2v) is 5.76. The average molecular weight is 205 g/mol. The van der Waals surface area contributed by atoms with Gasteiger partial charge in [0, 0.05) is 0 Å². The Morgan fingerprint density at radius 2 is 1.92 bits per heavy atom. The summed E-state index contributed by atoms with van der Waals surface area (Å²) < 4.78 is 22.5. The summed E-state index contributed by atoms with van der Waals surface area (Å²) in [4.78, 5) is 0. The molecule has 0 aromatic rings. The molecule has 0 aromatic carbocycles. The van der Waals surface area contributed by atoms with Crippen LogP contribution in [0.5, 0.6) is 0 Å². The molecule has 0 aliphatic rings. The molecule has 0 aliphatic heterocycles. The van der Waals surface area contributed by atoms with Crippen LogP contribution in [0.4, 0.5) is 0 Å². The summed E-state index contributed by atoms with van der Waals surface area (Å²) in [6.45, 7) is 7.62. The first kappa shape index (κ1) is 12.9. The van der Waals surface area contributed by atoms with Crippen LogP contribution in [0.2, 0.25) is 0 Å². The monoisotopic (exact) mass is 205 g/mol. The Hall–Kier alpha value is -0.0500. The van der Waals surface area contributed by atoms with Gasteiger partial charge in [-0.1, -0.05) is 33.1 Å². The van der Waals surface area contributed by atoms with Gasteiger partial charge in [0.15, 0.2) is 9.84 Å². The topological polar surface area (TPSA) is 34.1 Å². The maximum absolute atomic E-state index is 11.3. The van der Waals surface area contributed by atoms with Crippen molar-refractivity contribution in [1.82, 2.24) is 0 Å². The van der Waals surface area contributed by atoms with Crippen LogP contribution in [0.1, 0.15) is 39.5 Å². The van der Waals surface area contributed by atoms with Crippen LogP contribution in [0.15, 0.2) is 0 Å². The number of rotatable bonds is 7. The quantitative estimate of drug-likeness (QED) is 0.640. The third-order valence-corrected chi connectivity index (χ3v) is 3.95. The highest BCUT2D eigenvalue weighted by Gasteiger charge is 2.15. The van der Waals surface area contributed by atoms with Gasteiger partial charge < -0.3 is 0 Å². The van der Waals surface area contributed by atoms with Gasteiger partial charge in [0.1, 0.15) is 0 Å². The van der Waals surface area contributed by atoms with Crippen molar-refractivity contribution in [2.24, 2.45) is 5.92 Å². The van der Waals surface area contributed by atoms with Crippen LogP contribution in [-0.4, -0.2) is 19.9 Å². The standard InChI is InChI=1S/C10H21O2S/c1-4-7-8-10(5-2)9-13(11,12)6-3/h10H,3-9H2,1-2H3. The van der Waals surface area contributed by atoms with Crippen LogP contribution in [0, 0.1) is 12.8 Å². The molecule has 0 saturated carbocycles. The molecule has 0 aromatic heterocycles. The van der Waals surface area contributed by atoms with Crippen LogP contribution in [0.3, 0.4) is 0 Å². The van der Waals surface area contributed by atoms with E-state index in [0.29, 0.717) is 11.7 Å². The third kappa shape index (κ3) is 6.08. The highest BCUT2D eigenvalue weighted by Crippen LogP contribution is 2.15. The number of hydrogen-bond acceptors (Lipinski definition) is 2. The van der Waals surface area contributed by atoms with Crippen molar-refractivity contribution in [3.05, 3.63) is 6.92 Å². The Morgan fingerprint density at radius 1 is 1.31 bits per heavy atom. The zero-order valence-corrected chi connectivity index (χ0v) is 9.57. The first-order valence-corrected chi connectivity index (χ1v) is 6.87. The molecule has 0 heterocycles. The van der Waals surface area contributed by atoms with Crippen LogP contribution >= 0.6 is 0 Å². The fourth-order valence-corrected chi connectivity index (χ4v) is 2.63. The molecule has 0 saturated heterocycles. The van der Waals surface area contributed by atoms with Crippen molar-refractivity contribution >= 4 is 9.84 Å². The molecule has 0 N–H and O–H groups in total. The molecule has 0 spiro atoms. The molecule has 1 unspecified atom stereocenters. The van der Waals surface area contributed by atoms with Gasteiger partial charge in [-0.2, -0.15) is 0 Å². The summed E-state index contributed by atoms with van der Waals surface area (Å²) in [5, 5.41) is 0. The minimum Gasteiger partial charge on any atom is -0.229 e. The fraction of sp³-hybridized carbons (Fsp3) is 0.900. The molecule has 0 amide bonds. The molecular weight excluding hydrogens is 184 g/mol. The highest BCUT2D eigenvalue weighted by atomic mass is 32.2. The number of sulfone groups is 1. The second kappa shape index (κ2) is 6.41. The summed E-state index contributed by atoms with van der Waals surface area (Å²) >= 11 is 0. The first-order chi connectivity index (χ1) is 6.05. The van der Waals surface area contributed by atoms with Crippen molar-refractivity contribution in [3.63, 3.8) is 0 Å². The van der Waals surface area contributed by atoms with Crippen molar-refractivity contribution in [2.75, 3.05) is 11.5 Å². The smallest absolute Gasteiger partial charge is 0.150 e. The van der Waals surface area contributed by atoms with E-state index >= 15 is 0 Å². The van der Waals surface area contributed by atoms with E-state index < -0.39 is 9.84 Å². The van der Waals surface area contributed by atoms with Gasteiger partial charge in [-0.3, -0.25) is 0 Å². The summed E-state index contributed by atoms with van der Waals surface area (Å²) in [6.07, 6.45) is 4.26. The van der Waals surface area contributed by atoms with E-state index in [1.165, 1.54) is 0 Å². The van der Waals surface area contributed by atoms with Crippen LogP contribution in [0.25, 0.3) is 0 Å². The maximum Gasteiger partial charge on any atom is 0.150 e. The molecule has 3 heteroatoms. The highest BCUT2D eigenvalue weighted by molar-refractivity contribution is 7.91. The van der Waals surface area contributed by atoms with Gasteiger partial charge in [0.25, 0.3) is 0 Å². The largest absolute Gasteiger partial charge is 0.229 e. The summed E-state index contributed by atoms with van der Waals surface area (Å²) in [7, 11) is -2.87. The van der Waals surface area contributed by atoms with E-state index in [1.807, 2.05) is 0 Å². The molecule has 79 valence electrons. The van der Waals surface area contributed by atoms with Crippen molar-refractivity contribution in [2.45, 2.75) is 39.5 Å². The predicted octanol–water partition coefficient (Wildman–Crippen LogP) is 2.45. The molecule has 1 radical (unpaired) electrons. The van der Waals surface area contributed by atoms with Crippen molar-refractivity contribution in [1.29, 1.82) is 0 Å².